The van der Waals surface area contributed by atoms with E-state index < -0.39 is 0 Å². The summed E-state index contributed by atoms with van der Waals surface area (Å²) in [7, 11) is 0. The highest BCUT2D eigenvalue weighted by Gasteiger charge is 2.14. The minimum absolute atomic E-state index is 0.0539. The van der Waals surface area contributed by atoms with E-state index in [0.29, 0.717) is 23.9 Å². The van der Waals surface area contributed by atoms with Crippen LogP contribution in [-0.2, 0) is 0 Å². The van der Waals surface area contributed by atoms with Gasteiger partial charge in [-0.15, -0.1) is 0 Å². The molecule has 0 amide bonds. The first-order valence-electron chi connectivity index (χ1n) is 8.69. The van der Waals surface area contributed by atoms with Crippen LogP contribution in [0.25, 0.3) is 22.3 Å². The molecule has 2 aromatic carbocycles. The van der Waals surface area contributed by atoms with Crippen molar-refractivity contribution in [3.05, 3.63) is 46.0 Å². The van der Waals surface area contributed by atoms with Gasteiger partial charge >= 0.3 is 0 Å². The van der Waals surface area contributed by atoms with Crippen LogP contribution in [0.3, 0.4) is 0 Å². The Morgan fingerprint density at radius 1 is 1.15 bits per heavy atom. The molecular weight excluding hydrogens is 439 g/mol. The van der Waals surface area contributed by atoms with Gasteiger partial charge in [-0.3, -0.25) is 0 Å². The van der Waals surface area contributed by atoms with Gasteiger partial charge in [0.25, 0.3) is 0 Å². The highest BCUT2D eigenvalue weighted by Crippen LogP contribution is 2.31. The lowest BCUT2D eigenvalue weighted by Crippen LogP contribution is -2.30. The zero-order valence-corrected chi connectivity index (χ0v) is 17.1. The van der Waals surface area contributed by atoms with Gasteiger partial charge in [0, 0.05) is 21.5 Å². The number of nitrogens with zero attached hydrogens (tertiary/aromatic N) is 2. The number of anilines is 1. The minimum atomic E-state index is 0.0539. The van der Waals surface area contributed by atoms with Crippen LogP contribution in [0.5, 0.6) is 5.75 Å². The van der Waals surface area contributed by atoms with E-state index in [1.807, 2.05) is 36.4 Å². The van der Waals surface area contributed by atoms with Crippen molar-refractivity contribution in [3.63, 3.8) is 0 Å². The smallest absolute Gasteiger partial charge is 0.165 e. The molecule has 1 aromatic heterocycles. The summed E-state index contributed by atoms with van der Waals surface area (Å²) in [4.78, 5) is 9.32. The average molecular weight is 462 g/mol. The van der Waals surface area contributed by atoms with Gasteiger partial charge in [0.1, 0.15) is 11.6 Å². The summed E-state index contributed by atoms with van der Waals surface area (Å²) in [5.74, 6) is 1.96. The van der Waals surface area contributed by atoms with Crippen LogP contribution in [0.2, 0.25) is 0 Å². The van der Waals surface area contributed by atoms with Crippen LogP contribution < -0.4 is 11.1 Å². The van der Waals surface area contributed by atoms with Crippen molar-refractivity contribution in [1.82, 2.24) is 9.97 Å². The molecule has 0 aliphatic rings. The zero-order chi connectivity index (χ0) is 18.7. The molecule has 0 aliphatic heterocycles. The second kappa shape index (κ2) is 8.18. The summed E-state index contributed by atoms with van der Waals surface area (Å²) < 4.78 is 1.01. The number of phenolic OH excluding ortho intramolecular Hbond substituents is 1. The fourth-order valence-corrected chi connectivity index (χ4v) is 3.43. The molecule has 3 rings (SSSR count). The van der Waals surface area contributed by atoms with Crippen molar-refractivity contribution >= 4 is 39.3 Å². The molecule has 0 unspecified atom stereocenters. The molecule has 0 fully saturated rings. The third-order valence-corrected chi connectivity index (χ3v) is 4.78. The number of hydrogen-bond acceptors (Lipinski definition) is 5. The van der Waals surface area contributed by atoms with Crippen molar-refractivity contribution in [1.29, 1.82) is 0 Å². The molecule has 26 heavy (non-hydrogen) atoms. The van der Waals surface area contributed by atoms with E-state index in [4.69, 9.17) is 5.73 Å². The lowest BCUT2D eigenvalue weighted by Gasteiger charge is -2.17. The fraction of sp³-hybridized carbons (Fsp3) is 0.300. The molecule has 0 saturated carbocycles. The van der Waals surface area contributed by atoms with Gasteiger partial charge in [-0.2, -0.15) is 0 Å². The maximum Gasteiger partial charge on any atom is 0.165 e. The van der Waals surface area contributed by atoms with Crippen LogP contribution in [0, 0.1) is 9.49 Å². The zero-order valence-electron chi connectivity index (χ0n) is 14.9. The maximum absolute atomic E-state index is 10.2. The Morgan fingerprint density at radius 2 is 1.92 bits per heavy atom. The predicted octanol–water partition coefficient (Wildman–Crippen LogP) is 4.39. The van der Waals surface area contributed by atoms with Crippen molar-refractivity contribution in [2.75, 3.05) is 11.9 Å². The van der Waals surface area contributed by atoms with Crippen molar-refractivity contribution in [2.45, 2.75) is 26.3 Å². The van der Waals surface area contributed by atoms with E-state index in [0.717, 1.165) is 26.7 Å². The fourth-order valence-electron chi connectivity index (χ4n) is 2.94. The third-order valence-electron chi connectivity index (χ3n) is 4.11. The summed E-state index contributed by atoms with van der Waals surface area (Å²) in [6.45, 7) is 4.96. The molecular formula is C20H23IN4O. The number of phenols is 1. The first kappa shape index (κ1) is 18.8. The molecule has 0 bridgehead atoms. The van der Waals surface area contributed by atoms with E-state index in [-0.39, 0.29) is 11.8 Å². The largest absolute Gasteiger partial charge is 0.507 e. The Morgan fingerprint density at radius 3 is 2.69 bits per heavy atom. The number of para-hydroxylation sites is 1. The van der Waals surface area contributed by atoms with Crippen molar-refractivity contribution in [2.24, 2.45) is 11.7 Å². The Balaban J connectivity index is 2.00. The number of fused-ring (bicyclic) bond motifs is 1. The molecule has 0 spiro atoms. The average Bonchev–Trinajstić information content (AvgIpc) is 2.61. The van der Waals surface area contributed by atoms with Crippen molar-refractivity contribution in [3.8, 4) is 17.1 Å². The Kier molecular flexibility index (Phi) is 5.93. The van der Waals surface area contributed by atoms with Crippen LogP contribution >= 0.6 is 22.6 Å². The maximum atomic E-state index is 10.2. The molecule has 0 aliphatic carbocycles. The topological polar surface area (TPSA) is 84.1 Å². The van der Waals surface area contributed by atoms with Gasteiger partial charge in [0.15, 0.2) is 5.82 Å². The molecule has 1 atom stereocenters. The summed E-state index contributed by atoms with van der Waals surface area (Å²) in [5, 5.41) is 14.6. The highest BCUT2D eigenvalue weighted by atomic mass is 127. The SMILES string of the molecule is CC(C)C[C@H](N)CNc1nc(-c2cc(I)ccc2O)nc2ccccc12. The van der Waals surface area contributed by atoms with E-state index in [9.17, 15) is 5.11 Å². The van der Waals surface area contributed by atoms with Gasteiger partial charge in [-0.1, -0.05) is 26.0 Å². The first-order valence-corrected chi connectivity index (χ1v) is 9.77. The van der Waals surface area contributed by atoms with E-state index >= 15 is 0 Å². The van der Waals surface area contributed by atoms with Crippen LogP contribution in [0.1, 0.15) is 20.3 Å². The van der Waals surface area contributed by atoms with Gasteiger partial charge in [0.05, 0.1) is 11.1 Å². The minimum Gasteiger partial charge on any atom is -0.507 e. The van der Waals surface area contributed by atoms with E-state index in [2.05, 4.69) is 51.7 Å². The molecule has 6 heteroatoms. The lowest BCUT2D eigenvalue weighted by molar-refractivity contribution is 0.477. The highest BCUT2D eigenvalue weighted by molar-refractivity contribution is 14.1. The molecule has 5 nitrogen and oxygen atoms in total. The van der Waals surface area contributed by atoms with Crippen LogP contribution in [0.4, 0.5) is 5.82 Å². The first-order chi connectivity index (χ1) is 12.4. The van der Waals surface area contributed by atoms with E-state index in [1.165, 1.54) is 0 Å². The quantitative estimate of drug-likeness (QED) is 0.474. The van der Waals surface area contributed by atoms with Gasteiger partial charge in [0.2, 0.25) is 0 Å². The number of rotatable bonds is 6. The summed E-state index contributed by atoms with van der Waals surface area (Å²) in [6, 6.07) is 13.3. The summed E-state index contributed by atoms with van der Waals surface area (Å²) in [5.41, 5.74) is 7.66. The number of hydrogen-bond donors (Lipinski definition) is 3. The monoisotopic (exact) mass is 462 g/mol. The van der Waals surface area contributed by atoms with E-state index in [1.54, 1.807) is 6.07 Å². The van der Waals surface area contributed by atoms with Crippen LogP contribution in [0.15, 0.2) is 42.5 Å². The number of aromatic hydroxyl groups is 1. The number of halogens is 1. The Bertz CT molecular complexity index is 913. The second-order valence-corrected chi connectivity index (χ2v) is 8.09. The van der Waals surface area contributed by atoms with Crippen molar-refractivity contribution < 1.29 is 5.11 Å². The molecule has 0 radical (unpaired) electrons. The van der Waals surface area contributed by atoms with Gasteiger partial charge < -0.3 is 16.2 Å². The molecule has 4 N–H and O–H groups in total. The number of nitrogens with one attached hydrogen (secondary N) is 1. The third kappa shape index (κ3) is 4.42. The molecule has 0 saturated heterocycles. The van der Waals surface area contributed by atoms with Crippen LogP contribution in [-0.4, -0.2) is 27.7 Å². The molecule has 3 aromatic rings. The summed E-state index contributed by atoms with van der Waals surface area (Å²) in [6.07, 6.45) is 0.945. The summed E-state index contributed by atoms with van der Waals surface area (Å²) >= 11 is 2.21. The lowest BCUT2D eigenvalue weighted by atomic mass is 10.0. The normalized spacial score (nSPS) is 12.5. The number of aromatic nitrogens is 2. The predicted molar refractivity (Wildman–Crippen MR) is 115 cm³/mol. The van der Waals surface area contributed by atoms with Gasteiger partial charge in [-0.05, 0) is 65.3 Å². The standard InChI is InChI=1S/C20H23IN4O/c1-12(2)9-14(22)11-23-19-15-5-3-4-6-17(15)24-20(25-19)16-10-13(21)7-8-18(16)26/h3-8,10,12,14,26H,9,11,22H2,1-2H3,(H,23,24,25)/t14-/m0/s1. The molecule has 136 valence electrons. The van der Waals surface area contributed by atoms with Gasteiger partial charge in [-0.25, -0.2) is 9.97 Å². The number of nitrogens with two attached hydrogens (primary N) is 1. The second-order valence-electron chi connectivity index (χ2n) is 6.84. The Labute approximate surface area is 167 Å². The number of benzene rings is 2. The molecule has 1 heterocycles. The Hall–Kier alpha value is -1.93.